The van der Waals surface area contributed by atoms with Crippen molar-refractivity contribution in [1.82, 2.24) is 25.2 Å². The maximum absolute atomic E-state index is 13.5. The summed E-state index contributed by atoms with van der Waals surface area (Å²) in [4.78, 5) is 27.1. The SMILES string of the molecule is CNC(=O)[C@H]1CC(O)CN1C(=O)C(n1cc(CCC(C)(C)CO)nn1)C(C)(C)C. The zero-order valence-electron chi connectivity index (χ0n) is 18.3. The molecule has 3 atom stereocenters. The summed E-state index contributed by atoms with van der Waals surface area (Å²) in [5.41, 5.74) is 0.0562. The number of nitrogens with one attached hydrogen (secondary N) is 1. The number of aliphatic hydroxyl groups is 2. The Hall–Kier alpha value is -2.00. The minimum atomic E-state index is -0.728. The van der Waals surface area contributed by atoms with Crippen molar-refractivity contribution in [2.45, 2.75) is 72.1 Å². The molecular formula is C20H35N5O4. The van der Waals surface area contributed by atoms with Crippen LogP contribution in [-0.2, 0) is 16.0 Å². The van der Waals surface area contributed by atoms with Crippen molar-refractivity contribution in [2.75, 3.05) is 20.2 Å². The fourth-order valence-electron chi connectivity index (χ4n) is 3.61. The van der Waals surface area contributed by atoms with Gasteiger partial charge in [0, 0.05) is 32.8 Å². The zero-order valence-corrected chi connectivity index (χ0v) is 18.3. The van der Waals surface area contributed by atoms with Gasteiger partial charge in [-0.05, 0) is 23.7 Å². The van der Waals surface area contributed by atoms with Gasteiger partial charge in [0.2, 0.25) is 11.8 Å². The first kappa shape index (κ1) is 23.3. The molecule has 29 heavy (non-hydrogen) atoms. The predicted octanol–water partition coefficient (Wildman–Crippen LogP) is 0.524. The number of carbonyl (C=O) groups is 2. The number of likely N-dealkylation sites (tertiary alicyclic amines) is 1. The maximum Gasteiger partial charge on any atom is 0.248 e. The van der Waals surface area contributed by atoms with Crippen LogP contribution in [0.15, 0.2) is 6.20 Å². The smallest absolute Gasteiger partial charge is 0.248 e. The molecule has 1 aromatic rings. The van der Waals surface area contributed by atoms with Gasteiger partial charge in [-0.15, -0.1) is 5.10 Å². The number of nitrogens with zero attached hydrogens (tertiary/aromatic N) is 4. The highest BCUT2D eigenvalue weighted by Gasteiger charge is 2.45. The number of hydrogen-bond acceptors (Lipinski definition) is 6. The molecule has 2 rings (SSSR count). The summed E-state index contributed by atoms with van der Waals surface area (Å²) >= 11 is 0. The molecule has 0 bridgehead atoms. The molecular weight excluding hydrogens is 374 g/mol. The molecule has 0 radical (unpaired) electrons. The number of amides is 2. The molecule has 9 heteroatoms. The molecule has 1 aliphatic rings. The Labute approximate surface area is 172 Å². The van der Waals surface area contributed by atoms with Crippen LogP contribution >= 0.6 is 0 Å². The second kappa shape index (κ2) is 8.79. The van der Waals surface area contributed by atoms with Crippen molar-refractivity contribution in [1.29, 1.82) is 0 Å². The predicted molar refractivity (Wildman–Crippen MR) is 108 cm³/mol. The number of aliphatic hydroxyl groups excluding tert-OH is 2. The van der Waals surface area contributed by atoms with Crippen LogP contribution in [0.2, 0.25) is 0 Å². The first-order chi connectivity index (χ1) is 13.4. The monoisotopic (exact) mass is 409 g/mol. The van der Waals surface area contributed by atoms with Gasteiger partial charge in [0.25, 0.3) is 0 Å². The van der Waals surface area contributed by atoms with E-state index in [1.54, 1.807) is 10.9 Å². The number of aromatic nitrogens is 3. The van der Waals surface area contributed by atoms with E-state index < -0.39 is 23.6 Å². The number of hydrogen-bond donors (Lipinski definition) is 3. The normalized spacial score (nSPS) is 21.3. The van der Waals surface area contributed by atoms with Gasteiger partial charge in [-0.3, -0.25) is 9.59 Å². The van der Waals surface area contributed by atoms with Crippen molar-refractivity contribution < 1.29 is 19.8 Å². The van der Waals surface area contributed by atoms with Crippen LogP contribution in [0.1, 0.15) is 59.2 Å². The lowest BCUT2D eigenvalue weighted by Crippen LogP contribution is -2.49. The Kier molecular flexibility index (Phi) is 7.06. The number of β-amino-alcohol motifs (C(OH)–C–C–N with tert-alkyl or cyclic N) is 1. The lowest BCUT2D eigenvalue weighted by molar-refractivity contribution is -0.144. The maximum atomic E-state index is 13.5. The first-order valence-electron chi connectivity index (χ1n) is 10.1. The van der Waals surface area contributed by atoms with Crippen LogP contribution in [-0.4, -0.2) is 74.3 Å². The minimum absolute atomic E-state index is 0.0857. The first-order valence-corrected chi connectivity index (χ1v) is 10.1. The van der Waals surface area contributed by atoms with E-state index in [0.717, 1.165) is 12.1 Å². The van der Waals surface area contributed by atoms with E-state index >= 15 is 0 Å². The zero-order chi connectivity index (χ0) is 22.0. The summed E-state index contributed by atoms with van der Waals surface area (Å²) in [6.45, 7) is 9.98. The summed E-state index contributed by atoms with van der Waals surface area (Å²) in [5.74, 6) is -0.539. The number of carbonyl (C=O) groups excluding carboxylic acids is 2. The molecule has 1 aromatic heterocycles. The number of rotatable bonds is 7. The van der Waals surface area contributed by atoms with Crippen LogP contribution < -0.4 is 5.32 Å². The fourth-order valence-corrected chi connectivity index (χ4v) is 3.61. The average molecular weight is 410 g/mol. The summed E-state index contributed by atoms with van der Waals surface area (Å²) in [6, 6.07) is -1.35. The minimum Gasteiger partial charge on any atom is -0.396 e. The van der Waals surface area contributed by atoms with E-state index in [2.05, 4.69) is 15.6 Å². The molecule has 2 amide bonds. The van der Waals surface area contributed by atoms with Gasteiger partial charge in [-0.25, -0.2) is 4.68 Å². The van der Waals surface area contributed by atoms with Gasteiger partial charge < -0.3 is 20.4 Å². The van der Waals surface area contributed by atoms with Gasteiger partial charge in [-0.2, -0.15) is 0 Å². The third-order valence-electron chi connectivity index (χ3n) is 5.47. The molecule has 1 saturated heterocycles. The van der Waals surface area contributed by atoms with Crippen LogP contribution in [0.5, 0.6) is 0 Å². The van der Waals surface area contributed by atoms with Crippen molar-refractivity contribution >= 4 is 11.8 Å². The molecule has 3 N–H and O–H groups in total. The van der Waals surface area contributed by atoms with Crippen molar-refractivity contribution in [2.24, 2.45) is 10.8 Å². The molecule has 1 fully saturated rings. The number of likely N-dealkylation sites (N-methyl/N-ethyl adjacent to an activating group) is 1. The van der Waals surface area contributed by atoms with E-state index in [0.29, 0.717) is 6.42 Å². The standard InChI is InChI=1S/C20H35N5O4/c1-19(2,3)16(18(29)24-11-14(27)9-15(24)17(28)21-6)25-10-13(22-23-25)7-8-20(4,5)12-26/h10,14-16,26-27H,7-9,11-12H2,1-6H3,(H,21,28)/t14?,15-,16?/m1/s1. The van der Waals surface area contributed by atoms with Crippen LogP contribution in [0.25, 0.3) is 0 Å². The molecule has 0 aliphatic carbocycles. The van der Waals surface area contributed by atoms with E-state index in [9.17, 15) is 19.8 Å². The second-order valence-electron chi connectivity index (χ2n) is 9.79. The Morgan fingerprint density at radius 2 is 1.97 bits per heavy atom. The van der Waals surface area contributed by atoms with Crippen molar-refractivity contribution in [3.8, 4) is 0 Å². The molecule has 1 aliphatic heterocycles. The topological polar surface area (TPSA) is 121 Å². The molecule has 9 nitrogen and oxygen atoms in total. The highest BCUT2D eigenvalue weighted by Crippen LogP contribution is 2.34. The number of aryl methyl sites for hydroxylation is 1. The largest absolute Gasteiger partial charge is 0.396 e. The quantitative estimate of drug-likeness (QED) is 0.604. The second-order valence-corrected chi connectivity index (χ2v) is 9.79. The lowest BCUT2D eigenvalue weighted by atomic mass is 9.85. The molecule has 164 valence electrons. The Bertz CT molecular complexity index is 725. The Morgan fingerprint density at radius 1 is 1.31 bits per heavy atom. The molecule has 0 spiro atoms. The molecule has 2 heterocycles. The van der Waals surface area contributed by atoms with E-state index in [1.807, 2.05) is 34.6 Å². The highest BCUT2D eigenvalue weighted by molar-refractivity contribution is 5.90. The van der Waals surface area contributed by atoms with E-state index in [4.69, 9.17) is 0 Å². The summed E-state index contributed by atoms with van der Waals surface area (Å²) in [7, 11) is 1.52. The molecule has 0 saturated carbocycles. The van der Waals surface area contributed by atoms with Gasteiger partial charge >= 0.3 is 0 Å². The lowest BCUT2D eigenvalue weighted by Gasteiger charge is -2.34. The van der Waals surface area contributed by atoms with Crippen LogP contribution in [0, 0.1) is 10.8 Å². The molecule has 2 unspecified atom stereocenters. The van der Waals surface area contributed by atoms with Crippen LogP contribution in [0.3, 0.4) is 0 Å². The highest BCUT2D eigenvalue weighted by atomic mass is 16.3. The Balaban J connectivity index is 2.26. The summed E-state index contributed by atoms with van der Waals surface area (Å²) in [6.07, 6.45) is 2.65. The van der Waals surface area contributed by atoms with Gasteiger partial charge in [-0.1, -0.05) is 39.8 Å². The summed E-state index contributed by atoms with van der Waals surface area (Å²) in [5, 5.41) is 30.5. The van der Waals surface area contributed by atoms with Gasteiger partial charge in [0.1, 0.15) is 12.1 Å². The van der Waals surface area contributed by atoms with E-state index in [1.165, 1.54) is 11.9 Å². The van der Waals surface area contributed by atoms with Gasteiger partial charge in [0.05, 0.1) is 11.8 Å². The fraction of sp³-hybridized carbons (Fsp3) is 0.800. The van der Waals surface area contributed by atoms with Crippen molar-refractivity contribution in [3.05, 3.63) is 11.9 Å². The third-order valence-corrected chi connectivity index (χ3v) is 5.47. The Morgan fingerprint density at radius 3 is 2.52 bits per heavy atom. The average Bonchev–Trinajstić information content (AvgIpc) is 3.25. The summed E-state index contributed by atoms with van der Waals surface area (Å²) < 4.78 is 1.56. The van der Waals surface area contributed by atoms with Gasteiger partial charge in [0.15, 0.2) is 0 Å². The molecule has 0 aromatic carbocycles. The van der Waals surface area contributed by atoms with Crippen LogP contribution in [0.4, 0.5) is 0 Å². The van der Waals surface area contributed by atoms with Crippen molar-refractivity contribution in [3.63, 3.8) is 0 Å². The van der Waals surface area contributed by atoms with E-state index in [-0.39, 0.29) is 36.8 Å². The third kappa shape index (κ3) is 5.54.